The highest BCUT2D eigenvalue weighted by molar-refractivity contribution is 6.32. The Labute approximate surface area is 239 Å². The van der Waals surface area contributed by atoms with Gasteiger partial charge in [-0.25, -0.2) is 0 Å². The first-order valence-corrected chi connectivity index (χ1v) is 13.4. The molecule has 39 heavy (non-hydrogen) atoms. The molecule has 7 heteroatoms. The van der Waals surface area contributed by atoms with E-state index in [1.54, 1.807) is 41.3 Å². The van der Waals surface area contributed by atoms with E-state index in [4.69, 9.17) is 27.9 Å². The fourth-order valence-corrected chi connectivity index (χ4v) is 4.45. The average Bonchev–Trinajstić information content (AvgIpc) is 2.95. The number of hydrogen-bond acceptors (Lipinski definition) is 3. The van der Waals surface area contributed by atoms with Crippen molar-refractivity contribution in [2.75, 3.05) is 6.61 Å². The minimum atomic E-state index is -0.782. The zero-order valence-electron chi connectivity index (χ0n) is 21.6. The lowest BCUT2D eigenvalue weighted by Gasteiger charge is -2.31. The summed E-state index contributed by atoms with van der Waals surface area (Å²) in [5.74, 6) is -0.182. The van der Waals surface area contributed by atoms with Crippen LogP contribution in [0.3, 0.4) is 0 Å². The summed E-state index contributed by atoms with van der Waals surface area (Å²) >= 11 is 12.3. The number of para-hydroxylation sites is 1. The number of carbonyl (C=O) groups is 2. The van der Waals surface area contributed by atoms with Crippen molar-refractivity contribution in [1.29, 1.82) is 0 Å². The molecule has 1 N–H and O–H groups in total. The first kappa shape index (κ1) is 28.2. The van der Waals surface area contributed by atoms with Crippen LogP contribution in [0.1, 0.15) is 22.3 Å². The van der Waals surface area contributed by atoms with Gasteiger partial charge in [0.15, 0.2) is 6.61 Å². The van der Waals surface area contributed by atoms with Crippen molar-refractivity contribution >= 4 is 35.0 Å². The Balaban J connectivity index is 1.61. The van der Waals surface area contributed by atoms with Crippen LogP contribution in [0.4, 0.5) is 0 Å². The third-order valence-electron chi connectivity index (χ3n) is 6.31. The Morgan fingerprint density at radius 2 is 1.44 bits per heavy atom. The molecule has 0 aliphatic heterocycles. The second-order valence-electron chi connectivity index (χ2n) is 9.28. The lowest BCUT2D eigenvalue weighted by atomic mass is 10.0. The van der Waals surface area contributed by atoms with Crippen molar-refractivity contribution in [3.8, 4) is 5.75 Å². The van der Waals surface area contributed by atoms with Gasteiger partial charge in [-0.05, 0) is 47.9 Å². The van der Waals surface area contributed by atoms with Crippen LogP contribution in [0.25, 0.3) is 0 Å². The van der Waals surface area contributed by atoms with Crippen LogP contribution in [0.5, 0.6) is 5.75 Å². The van der Waals surface area contributed by atoms with E-state index in [1.165, 1.54) is 0 Å². The highest BCUT2D eigenvalue weighted by atomic mass is 35.5. The Kier molecular flexibility index (Phi) is 10.0. The van der Waals surface area contributed by atoms with Crippen LogP contribution in [0, 0.1) is 6.92 Å². The lowest BCUT2D eigenvalue weighted by molar-refractivity contribution is -0.142. The summed E-state index contributed by atoms with van der Waals surface area (Å²) in [6, 6.07) is 31.1. The molecule has 200 valence electrons. The molecule has 1 unspecified atom stereocenters. The molecule has 0 aliphatic carbocycles. The van der Waals surface area contributed by atoms with E-state index in [1.807, 2.05) is 73.7 Å². The Morgan fingerprint density at radius 3 is 2.13 bits per heavy atom. The van der Waals surface area contributed by atoms with Crippen LogP contribution in [-0.2, 0) is 29.1 Å². The molecule has 5 nitrogen and oxygen atoms in total. The number of hydrogen-bond donors (Lipinski definition) is 1. The smallest absolute Gasteiger partial charge is 0.261 e. The topological polar surface area (TPSA) is 58.6 Å². The quantitative estimate of drug-likeness (QED) is 0.224. The zero-order chi connectivity index (χ0) is 27.6. The lowest BCUT2D eigenvalue weighted by Crippen LogP contribution is -2.51. The molecular formula is C32H30Cl2N2O3. The molecule has 4 rings (SSSR count). The molecule has 0 fully saturated rings. The number of aryl methyl sites for hydroxylation is 1. The van der Waals surface area contributed by atoms with Gasteiger partial charge in [0.2, 0.25) is 5.91 Å². The van der Waals surface area contributed by atoms with Gasteiger partial charge in [0.25, 0.3) is 5.91 Å². The van der Waals surface area contributed by atoms with Gasteiger partial charge in [0.05, 0.1) is 5.02 Å². The highest BCUT2D eigenvalue weighted by Gasteiger charge is 2.30. The Bertz CT molecular complexity index is 1380. The van der Waals surface area contributed by atoms with Gasteiger partial charge in [-0.3, -0.25) is 9.59 Å². The molecular weight excluding hydrogens is 531 g/mol. The highest BCUT2D eigenvalue weighted by Crippen LogP contribution is 2.24. The standard InChI is InChI=1S/C32H30Cl2N2O3/c1-23-11-13-25(14-12-23)20-35-32(38)29(19-24-7-3-2-4-8-24)36(21-26-15-17-27(33)18-16-26)31(37)22-39-30-10-6-5-9-28(30)34/h2-18,29H,19-22H2,1H3,(H,35,38). The van der Waals surface area contributed by atoms with Crippen LogP contribution >= 0.6 is 23.2 Å². The summed E-state index contributed by atoms with van der Waals surface area (Å²) in [5.41, 5.74) is 3.90. The largest absolute Gasteiger partial charge is 0.482 e. The summed E-state index contributed by atoms with van der Waals surface area (Å²) in [7, 11) is 0. The summed E-state index contributed by atoms with van der Waals surface area (Å²) in [4.78, 5) is 29.0. The van der Waals surface area contributed by atoms with E-state index in [0.29, 0.717) is 28.8 Å². The predicted octanol–water partition coefficient (Wildman–Crippen LogP) is 6.64. The van der Waals surface area contributed by atoms with Crippen molar-refractivity contribution in [3.05, 3.63) is 135 Å². The molecule has 0 aromatic heterocycles. The number of benzene rings is 4. The fourth-order valence-electron chi connectivity index (χ4n) is 4.14. The van der Waals surface area contributed by atoms with Gasteiger partial charge in [-0.2, -0.15) is 0 Å². The third kappa shape index (κ3) is 8.34. The number of nitrogens with one attached hydrogen (secondary N) is 1. The molecule has 0 heterocycles. The SMILES string of the molecule is Cc1ccc(CNC(=O)C(Cc2ccccc2)N(Cc2ccc(Cl)cc2)C(=O)COc2ccccc2Cl)cc1. The van der Waals surface area contributed by atoms with E-state index >= 15 is 0 Å². The number of nitrogens with zero attached hydrogens (tertiary/aromatic N) is 1. The molecule has 0 radical (unpaired) electrons. The molecule has 4 aromatic rings. The fraction of sp³-hybridized carbons (Fsp3) is 0.188. The average molecular weight is 562 g/mol. The van der Waals surface area contributed by atoms with Gasteiger partial charge in [0, 0.05) is 24.5 Å². The molecule has 0 aliphatic rings. The summed E-state index contributed by atoms with van der Waals surface area (Å²) in [5, 5.41) is 4.04. The van der Waals surface area contributed by atoms with Crippen LogP contribution in [0.15, 0.2) is 103 Å². The first-order chi connectivity index (χ1) is 18.9. The Hall–Kier alpha value is -3.80. The van der Waals surface area contributed by atoms with E-state index < -0.39 is 6.04 Å². The molecule has 0 saturated carbocycles. The number of ether oxygens (including phenoxy) is 1. The second-order valence-corrected chi connectivity index (χ2v) is 10.1. The maximum absolute atomic E-state index is 13.7. The summed E-state index contributed by atoms with van der Waals surface area (Å²) < 4.78 is 5.78. The number of amides is 2. The van der Waals surface area contributed by atoms with E-state index in [0.717, 1.165) is 22.3 Å². The van der Waals surface area contributed by atoms with Crippen molar-refractivity contribution in [2.24, 2.45) is 0 Å². The molecule has 0 saturated heterocycles. The number of rotatable bonds is 11. The van der Waals surface area contributed by atoms with E-state index in [2.05, 4.69) is 5.32 Å². The van der Waals surface area contributed by atoms with Crippen molar-refractivity contribution in [3.63, 3.8) is 0 Å². The molecule has 4 aromatic carbocycles. The normalized spacial score (nSPS) is 11.5. The van der Waals surface area contributed by atoms with Gasteiger partial charge in [-0.1, -0.05) is 108 Å². The second kappa shape index (κ2) is 13.8. The van der Waals surface area contributed by atoms with Gasteiger partial charge >= 0.3 is 0 Å². The first-order valence-electron chi connectivity index (χ1n) is 12.7. The van der Waals surface area contributed by atoms with Crippen molar-refractivity contribution in [1.82, 2.24) is 10.2 Å². The third-order valence-corrected chi connectivity index (χ3v) is 6.88. The molecule has 0 spiro atoms. The molecule has 2 amide bonds. The van der Waals surface area contributed by atoms with Gasteiger partial charge in [0.1, 0.15) is 11.8 Å². The van der Waals surface area contributed by atoms with E-state index in [-0.39, 0.29) is 25.0 Å². The van der Waals surface area contributed by atoms with Crippen LogP contribution < -0.4 is 10.1 Å². The van der Waals surface area contributed by atoms with Crippen LogP contribution in [0.2, 0.25) is 10.0 Å². The van der Waals surface area contributed by atoms with Gasteiger partial charge in [-0.15, -0.1) is 0 Å². The zero-order valence-corrected chi connectivity index (χ0v) is 23.2. The summed E-state index contributed by atoms with van der Waals surface area (Å²) in [6.07, 6.45) is 0.339. The Morgan fingerprint density at radius 1 is 0.795 bits per heavy atom. The number of carbonyl (C=O) groups excluding carboxylic acids is 2. The van der Waals surface area contributed by atoms with E-state index in [9.17, 15) is 9.59 Å². The monoisotopic (exact) mass is 560 g/mol. The van der Waals surface area contributed by atoms with Crippen molar-refractivity contribution < 1.29 is 14.3 Å². The summed E-state index contributed by atoms with van der Waals surface area (Å²) in [6.45, 7) is 2.30. The predicted molar refractivity (Wildman–Crippen MR) is 156 cm³/mol. The van der Waals surface area contributed by atoms with Crippen molar-refractivity contribution in [2.45, 2.75) is 32.5 Å². The van der Waals surface area contributed by atoms with Crippen LogP contribution in [-0.4, -0.2) is 29.4 Å². The molecule has 0 bridgehead atoms. The number of halogens is 2. The van der Waals surface area contributed by atoms with Gasteiger partial charge < -0.3 is 15.0 Å². The maximum Gasteiger partial charge on any atom is 0.261 e. The maximum atomic E-state index is 13.7. The molecule has 1 atom stereocenters. The minimum Gasteiger partial charge on any atom is -0.482 e. The minimum absolute atomic E-state index is 0.206.